The van der Waals surface area contributed by atoms with Crippen molar-refractivity contribution in [1.29, 1.82) is 0 Å². The fourth-order valence-electron chi connectivity index (χ4n) is 5.00. The minimum atomic E-state index is -1.01. The molecule has 5 rings (SSSR count). The fraction of sp³-hybridized carbons (Fsp3) is 0.290. The van der Waals surface area contributed by atoms with Gasteiger partial charge in [-0.25, -0.2) is 0 Å². The van der Waals surface area contributed by atoms with Gasteiger partial charge in [0.2, 0.25) is 5.88 Å². The molecule has 1 unspecified atom stereocenters. The number of benzene rings is 3. The molecule has 0 saturated carbocycles. The molecule has 1 aliphatic heterocycles. The summed E-state index contributed by atoms with van der Waals surface area (Å²) in [5.74, 6) is 0.426. The summed E-state index contributed by atoms with van der Waals surface area (Å²) in [5, 5.41) is 17.4. The van der Waals surface area contributed by atoms with Gasteiger partial charge in [0, 0.05) is 29.2 Å². The number of aliphatic hydroxyl groups is 1. The molecule has 7 nitrogen and oxygen atoms in total. The van der Waals surface area contributed by atoms with Crippen LogP contribution in [-0.2, 0) is 5.60 Å². The highest BCUT2D eigenvalue weighted by Gasteiger charge is 2.39. The second kappa shape index (κ2) is 12.0. The number of piperidine rings is 1. The number of ether oxygens (including phenoxy) is 1. The average molecular weight is 614 g/mol. The van der Waals surface area contributed by atoms with E-state index in [2.05, 4.69) is 0 Å². The predicted molar refractivity (Wildman–Crippen MR) is 162 cm³/mol. The number of carbonyl (C=O) groups is 1. The molecule has 3 N–H and O–H groups in total. The number of rotatable bonds is 7. The molecule has 41 heavy (non-hydrogen) atoms. The van der Waals surface area contributed by atoms with Crippen molar-refractivity contribution in [1.82, 2.24) is 14.7 Å². The molecular formula is C31H31Cl3N4O3. The molecule has 0 spiro atoms. The van der Waals surface area contributed by atoms with E-state index in [0.29, 0.717) is 58.0 Å². The van der Waals surface area contributed by atoms with Gasteiger partial charge in [0.15, 0.2) is 5.69 Å². The summed E-state index contributed by atoms with van der Waals surface area (Å²) in [4.78, 5) is 15.8. The molecule has 0 aliphatic carbocycles. The van der Waals surface area contributed by atoms with E-state index in [1.54, 1.807) is 47.4 Å². The number of nitrogens with two attached hydrogens (primary N) is 1. The molecule has 1 amide bonds. The highest BCUT2D eigenvalue weighted by molar-refractivity contribution is 6.35. The third-order valence-corrected chi connectivity index (χ3v) is 8.28. The number of carbonyl (C=O) groups excluding carboxylic acids is 1. The Balaban J connectivity index is 1.58. The van der Waals surface area contributed by atoms with Crippen molar-refractivity contribution in [2.45, 2.75) is 38.3 Å². The van der Waals surface area contributed by atoms with Gasteiger partial charge in [-0.05, 0) is 66.8 Å². The van der Waals surface area contributed by atoms with Crippen LogP contribution in [0.25, 0.3) is 5.69 Å². The number of hydrogen-bond acceptors (Lipinski definition) is 5. The molecule has 1 atom stereocenters. The molecule has 0 bridgehead atoms. The molecule has 4 aromatic rings. The van der Waals surface area contributed by atoms with Gasteiger partial charge in [0.05, 0.1) is 21.9 Å². The Morgan fingerprint density at radius 2 is 1.61 bits per heavy atom. The van der Waals surface area contributed by atoms with Crippen molar-refractivity contribution in [2.75, 3.05) is 13.1 Å². The molecule has 1 aliphatic rings. The second-order valence-corrected chi connectivity index (χ2v) is 11.9. The first-order valence-electron chi connectivity index (χ1n) is 13.4. The lowest BCUT2D eigenvalue weighted by atomic mass is 9.84. The Morgan fingerprint density at radius 3 is 2.22 bits per heavy atom. The van der Waals surface area contributed by atoms with Crippen molar-refractivity contribution in [3.05, 3.63) is 105 Å². The van der Waals surface area contributed by atoms with Gasteiger partial charge in [-0.15, -0.1) is 0 Å². The summed E-state index contributed by atoms with van der Waals surface area (Å²) in [6.07, 6.45) is 0.790. The molecule has 10 heteroatoms. The highest BCUT2D eigenvalue weighted by Crippen LogP contribution is 2.40. The topological polar surface area (TPSA) is 93.6 Å². The maximum Gasteiger partial charge on any atom is 0.274 e. The van der Waals surface area contributed by atoms with Crippen LogP contribution < -0.4 is 10.5 Å². The van der Waals surface area contributed by atoms with E-state index < -0.39 is 11.6 Å². The number of likely N-dealkylation sites (tertiary alicyclic amines) is 1. The summed E-state index contributed by atoms with van der Waals surface area (Å²) < 4.78 is 7.88. The lowest BCUT2D eigenvalue weighted by Crippen LogP contribution is -2.45. The normalized spacial score (nSPS) is 15.7. The highest BCUT2D eigenvalue weighted by atomic mass is 35.5. The Bertz CT molecular complexity index is 1530. The molecule has 1 saturated heterocycles. The van der Waals surface area contributed by atoms with Gasteiger partial charge in [0.25, 0.3) is 5.91 Å². The third-order valence-electron chi connectivity index (χ3n) is 7.49. The molecule has 1 aromatic heterocycles. The van der Waals surface area contributed by atoms with Gasteiger partial charge in [-0.1, -0.05) is 79.0 Å². The summed E-state index contributed by atoms with van der Waals surface area (Å²) in [6, 6.07) is 20.8. The Morgan fingerprint density at radius 1 is 0.976 bits per heavy atom. The first-order chi connectivity index (χ1) is 19.6. The molecule has 2 heterocycles. The molecule has 3 aromatic carbocycles. The molecule has 214 valence electrons. The van der Waals surface area contributed by atoms with Crippen LogP contribution >= 0.6 is 34.8 Å². The van der Waals surface area contributed by atoms with Crippen LogP contribution in [0.4, 0.5) is 0 Å². The SMILES string of the molecule is CC(C)C(N)c1c(C(=O)N2CCC(O)(c3ccccc3)CC2)nn(-c2ccc(Cl)cc2Cl)c1Oc1ccc(Cl)cc1. The first kappa shape index (κ1) is 29.4. The smallest absolute Gasteiger partial charge is 0.274 e. The average Bonchev–Trinajstić information content (AvgIpc) is 3.32. The van der Waals surface area contributed by atoms with Crippen molar-refractivity contribution in [2.24, 2.45) is 11.7 Å². The van der Waals surface area contributed by atoms with E-state index >= 15 is 0 Å². The lowest BCUT2D eigenvalue weighted by molar-refractivity contribution is -0.0213. The van der Waals surface area contributed by atoms with Crippen LogP contribution in [-0.4, -0.2) is 38.8 Å². The second-order valence-electron chi connectivity index (χ2n) is 10.6. The quantitative estimate of drug-likeness (QED) is 0.226. The van der Waals surface area contributed by atoms with E-state index in [0.717, 1.165) is 5.56 Å². The molecular weight excluding hydrogens is 583 g/mol. The van der Waals surface area contributed by atoms with E-state index in [1.807, 2.05) is 44.2 Å². The number of amides is 1. The van der Waals surface area contributed by atoms with Crippen molar-refractivity contribution >= 4 is 40.7 Å². The van der Waals surface area contributed by atoms with Gasteiger partial charge < -0.3 is 20.5 Å². The summed E-state index contributed by atoms with van der Waals surface area (Å²) >= 11 is 18.9. The number of halogens is 3. The lowest BCUT2D eigenvalue weighted by Gasteiger charge is -2.38. The van der Waals surface area contributed by atoms with Crippen LogP contribution in [0.15, 0.2) is 72.8 Å². The van der Waals surface area contributed by atoms with E-state index in [9.17, 15) is 9.90 Å². The zero-order valence-corrected chi connectivity index (χ0v) is 25.0. The van der Waals surface area contributed by atoms with E-state index in [-0.39, 0.29) is 23.4 Å². The zero-order valence-electron chi connectivity index (χ0n) is 22.7. The van der Waals surface area contributed by atoms with E-state index in [4.69, 9.17) is 50.4 Å². The van der Waals surface area contributed by atoms with Crippen molar-refractivity contribution < 1.29 is 14.6 Å². The maximum absolute atomic E-state index is 14.1. The Hall–Kier alpha value is -3.07. The van der Waals surface area contributed by atoms with Gasteiger partial charge in [0.1, 0.15) is 5.75 Å². The fourth-order valence-corrected chi connectivity index (χ4v) is 5.62. The number of hydrogen-bond donors (Lipinski definition) is 2. The van der Waals surface area contributed by atoms with Crippen molar-refractivity contribution in [3.63, 3.8) is 0 Å². The van der Waals surface area contributed by atoms with Gasteiger partial charge in [-0.3, -0.25) is 4.79 Å². The molecule has 1 fully saturated rings. The van der Waals surface area contributed by atoms with Crippen LogP contribution in [0.1, 0.15) is 54.3 Å². The summed E-state index contributed by atoms with van der Waals surface area (Å²) in [6.45, 7) is 4.64. The van der Waals surface area contributed by atoms with Crippen LogP contribution in [0.3, 0.4) is 0 Å². The van der Waals surface area contributed by atoms with Gasteiger partial charge >= 0.3 is 0 Å². The summed E-state index contributed by atoms with van der Waals surface area (Å²) in [7, 11) is 0. The largest absolute Gasteiger partial charge is 0.439 e. The zero-order chi connectivity index (χ0) is 29.3. The van der Waals surface area contributed by atoms with Crippen LogP contribution in [0, 0.1) is 5.92 Å². The Kier molecular flexibility index (Phi) is 8.64. The molecule has 0 radical (unpaired) electrons. The number of aromatic nitrogens is 2. The summed E-state index contributed by atoms with van der Waals surface area (Å²) in [5.41, 5.74) is 7.69. The predicted octanol–water partition coefficient (Wildman–Crippen LogP) is 7.40. The monoisotopic (exact) mass is 612 g/mol. The van der Waals surface area contributed by atoms with Gasteiger partial charge in [-0.2, -0.15) is 9.78 Å². The number of nitrogens with zero attached hydrogens (tertiary/aromatic N) is 3. The third kappa shape index (κ3) is 6.10. The van der Waals surface area contributed by atoms with Crippen LogP contribution in [0.2, 0.25) is 15.1 Å². The van der Waals surface area contributed by atoms with E-state index in [1.165, 1.54) is 4.68 Å². The van der Waals surface area contributed by atoms with Crippen LogP contribution in [0.5, 0.6) is 11.6 Å². The maximum atomic E-state index is 14.1. The Labute approximate surface area is 254 Å². The minimum Gasteiger partial charge on any atom is -0.439 e. The minimum absolute atomic E-state index is 0.0445. The van der Waals surface area contributed by atoms with Crippen molar-refractivity contribution in [3.8, 4) is 17.3 Å². The standard InChI is InChI=1S/C31H31Cl3N4O3/c1-19(2)27(35)26-28(29(39)37-16-14-31(40,15-17-37)20-6-4-3-5-7-20)36-38(25-13-10-22(33)18-24(25)34)30(26)41-23-11-8-21(32)9-12-23/h3-13,18-19,27,40H,14-17,35H2,1-2H3. The first-order valence-corrected chi connectivity index (χ1v) is 14.6.